The number of carbonyl (C=O) groups excluding carboxylic acids is 1. The Labute approximate surface area is 125 Å². The molecular formula is C17H23NO3. The van der Waals surface area contributed by atoms with Crippen LogP contribution in [0.2, 0.25) is 0 Å². The zero-order valence-electron chi connectivity index (χ0n) is 12.7. The number of rotatable bonds is 3. The van der Waals surface area contributed by atoms with Crippen molar-refractivity contribution in [2.24, 2.45) is 11.8 Å². The Morgan fingerprint density at radius 1 is 1.24 bits per heavy atom. The molecule has 0 spiro atoms. The van der Waals surface area contributed by atoms with Crippen LogP contribution in [0, 0.1) is 25.7 Å². The monoisotopic (exact) mass is 289 g/mol. The fraction of sp³-hybridized carbons (Fsp3) is 0.588. The van der Waals surface area contributed by atoms with Crippen LogP contribution < -0.4 is 4.74 Å². The SMILES string of the molecule is Cc1cc(C)cc(OCC(=O)N2CC3CCC(O)C3C2)c1. The first-order valence-electron chi connectivity index (χ1n) is 7.70. The Balaban J connectivity index is 1.55. The van der Waals surface area contributed by atoms with Crippen LogP contribution in [0.1, 0.15) is 24.0 Å². The van der Waals surface area contributed by atoms with Crippen LogP contribution in [0.25, 0.3) is 0 Å². The van der Waals surface area contributed by atoms with Crippen molar-refractivity contribution in [1.82, 2.24) is 4.90 Å². The van der Waals surface area contributed by atoms with Crippen molar-refractivity contribution >= 4 is 5.91 Å². The van der Waals surface area contributed by atoms with Crippen LogP contribution in [0.4, 0.5) is 0 Å². The molecule has 0 aromatic heterocycles. The highest BCUT2D eigenvalue weighted by atomic mass is 16.5. The number of ether oxygens (including phenoxy) is 1. The van der Waals surface area contributed by atoms with Gasteiger partial charge >= 0.3 is 0 Å². The van der Waals surface area contributed by atoms with Gasteiger partial charge in [-0.15, -0.1) is 0 Å². The molecule has 1 aliphatic heterocycles. The number of likely N-dealkylation sites (tertiary alicyclic amines) is 1. The van der Waals surface area contributed by atoms with Crippen molar-refractivity contribution in [2.75, 3.05) is 19.7 Å². The Kier molecular flexibility index (Phi) is 3.89. The van der Waals surface area contributed by atoms with E-state index in [1.165, 1.54) is 0 Å². The minimum absolute atomic E-state index is 0.0239. The number of nitrogens with zero attached hydrogens (tertiary/aromatic N) is 1. The van der Waals surface area contributed by atoms with Crippen molar-refractivity contribution in [2.45, 2.75) is 32.8 Å². The Hall–Kier alpha value is -1.55. The summed E-state index contributed by atoms with van der Waals surface area (Å²) in [5.74, 6) is 1.52. The number of hydrogen-bond acceptors (Lipinski definition) is 3. The Bertz CT molecular complexity index is 523. The summed E-state index contributed by atoms with van der Waals surface area (Å²) in [6.45, 7) is 5.57. The van der Waals surface area contributed by atoms with Gasteiger partial charge in [-0.25, -0.2) is 0 Å². The normalized spacial score (nSPS) is 27.8. The van der Waals surface area contributed by atoms with Gasteiger partial charge in [0.15, 0.2) is 6.61 Å². The van der Waals surface area contributed by atoms with Gasteiger partial charge < -0.3 is 14.7 Å². The number of hydrogen-bond donors (Lipinski definition) is 1. The molecule has 21 heavy (non-hydrogen) atoms. The van der Waals surface area contributed by atoms with Crippen molar-refractivity contribution in [3.63, 3.8) is 0 Å². The van der Waals surface area contributed by atoms with Crippen LogP contribution in [0.15, 0.2) is 18.2 Å². The summed E-state index contributed by atoms with van der Waals surface area (Å²) in [6, 6.07) is 5.98. The molecule has 1 aliphatic carbocycles. The molecular weight excluding hydrogens is 266 g/mol. The van der Waals surface area contributed by atoms with Crippen LogP contribution in [-0.2, 0) is 4.79 Å². The summed E-state index contributed by atoms with van der Waals surface area (Å²) in [4.78, 5) is 14.1. The molecule has 0 radical (unpaired) electrons. The predicted octanol–water partition coefficient (Wildman–Crippen LogP) is 1.91. The van der Waals surface area contributed by atoms with E-state index >= 15 is 0 Å². The molecule has 114 valence electrons. The molecule has 1 N–H and O–H groups in total. The fourth-order valence-corrected chi connectivity index (χ4v) is 3.69. The van der Waals surface area contributed by atoms with Gasteiger partial charge in [0, 0.05) is 19.0 Å². The van der Waals surface area contributed by atoms with Crippen molar-refractivity contribution in [3.05, 3.63) is 29.3 Å². The summed E-state index contributed by atoms with van der Waals surface area (Å²) >= 11 is 0. The van der Waals surface area contributed by atoms with Crippen LogP contribution in [-0.4, -0.2) is 41.7 Å². The van der Waals surface area contributed by atoms with Gasteiger partial charge in [-0.2, -0.15) is 0 Å². The van der Waals surface area contributed by atoms with Crippen LogP contribution in [0.5, 0.6) is 5.75 Å². The molecule has 2 aliphatic rings. The maximum atomic E-state index is 12.2. The van der Waals surface area contributed by atoms with Crippen molar-refractivity contribution < 1.29 is 14.6 Å². The summed E-state index contributed by atoms with van der Waals surface area (Å²) in [5, 5.41) is 9.90. The second-order valence-corrected chi connectivity index (χ2v) is 6.48. The predicted molar refractivity (Wildman–Crippen MR) is 80.2 cm³/mol. The summed E-state index contributed by atoms with van der Waals surface area (Å²) < 4.78 is 5.64. The van der Waals surface area contributed by atoms with E-state index in [0.717, 1.165) is 36.3 Å². The Morgan fingerprint density at radius 2 is 1.95 bits per heavy atom. The van der Waals surface area contributed by atoms with Gasteiger partial charge in [0.05, 0.1) is 6.10 Å². The first kappa shape index (κ1) is 14.4. The molecule has 1 saturated carbocycles. The minimum Gasteiger partial charge on any atom is -0.484 e. The van der Waals surface area contributed by atoms with Crippen molar-refractivity contribution in [3.8, 4) is 5.75 Å². The van der Waals surface area contributed by atoms with Crippen LogP contribution in [0.3, 0.4) is 0 Å². The highest BCUT2D eigenvalue weighted by Crippen LogP contribution is 2.38. The number of amides is 1. The van der Waals surface area contributed by atoms with E-state index in [9.17, 15) is 9.90 Å². The summed E-state index contributed by atoms with van der Waals surface area (Å²) in [6.07, 6.45) is 1.69. The van der Waals surface area contributed by atoms with E-state index in [2.05, 4.69) is 6.07 Å². The summed E-state index contributed by atoms with van der Waals surface area (Å²) in [7, 11) is 0. The molecule has 3 rings (SSSR count). The fourth-order valence-electron chi connectivity index (χ4n) is 3.69. The maximum Gasteiger partial charge on any atom is 0.260 e. The maximum absolute atomic E-state index is 12.2. The molecule has 1 saturated heterocycles. The lowest BCUT2D eigenvalue weighted by molar-refractivity contribution is -0.132. The minimum atomic E-state index is -0.229. The van der Waals surface area contributed by atoms with Crippen LogP contribution >= 0.6 is 0 Å². The molecule has 4 heteroatoms. The van der Waals surface area contributed by atoms with E-state index < -0.39 is 0 Å². The highest BCUT2D eigenvalue weighted by Gasteiger charge is 2.43. The first-order valence-corrected chi connectivity index (χ1v) is 7.70. The quantitative estimate of drug-likeness (QED) is 0.925. The summed E-state index contributed by atoms with van der Waals surface area (Å²) in [5.41, 5.74) is 2.27. The highest BCUT2D eigenvalue weighted by molar-refractivity contribution is 5.78. The molecule has 4 nitrogen and oxygen atoms in total. The topological polar surface area (TPSA) is 49.8 Å². The standard InChI is InChI=1S/C17H23NO3/c1-11-5-12(2)7-14(6-11)21-10-17(20)18-8-13-3-4-16(19)15(13)9-18/h5-7,13,15-16,19H,3-4,8-10H2,1-2H3. The Morgan fingerprint density at radius 3 is 2.62 bits per heavy atom. The molecule has 0 bridgehead atoms. The van der Waals surface area contributed by atoms with Gasteiger partial charge in [0.1, 0.15) is 5.75 Å². The molecule has 1 aromatic rings. The number of aryl methyl sites for hydroxylation is 2. The van der Waals surface area contributed by atoms with E-state index in [1.807, 2.05) is 30.9 Å². The van der Waals surface area contributed by atoms with Gasteiger partial charge in [-0.1, -0.05) is 6.07 Å². The van der Waals surface area contributed by atoms with Gasteiger partial charge in [0.2, 0.25) is 0 Å². The van der Waals surface area contributed by atoms with Gasteiger partial charge in [0.25, 0.3) is 5.91 Å². The number of aliphatic hydroxyl groups is 1. The largest absolute Gasteiger partial charge is 0.484 e. The third-order valence-corrected chi connectivity index (χ3v) is 4.73. The lowest BCUT2D eigenvalue weighted by Crippen LogP contribution is -2.34. The molecule has 3 atom stereocenters. The van der Waals surface area contributed by atoms with E-state index in [4.69, 9.17) is 4.74 Å². The van der Waals surface area contributed by atoms with E-state index in [1.54, 1.807) is 0 Å². The third kappa shape index (κ3) is 3.05. The average Bonchev–Trinajstić information content (AvgIpc) is 2.98. The molecule has 3 unspecified atom stereocenters. The lowest BCUT2D eigenvalue weighted by atomic mass is 10.00. The zero-order valence-corrected chi connectivity index (χ0v) is 12.7. The second-order valence-electron chi connectivity index (χ2n) is 6.48. The first-order chi connectivity index (χ1) is 10.0. The van der Waals surface area contributed by atoms with Gasteiger partial charge in [-0.3, -0.25) is 4.79 Å². The lowest BCUT2D eigenvalue weighted by Gasteiger charge is -2.18. The number of carbonyl (C=O) groups is 1. The number of fused-ring (bicyclic) bond motifs is 1. The number of aliphatic hydroxyl groups excluding tert-OH is 1. The van der Waals surface area contributed by atoms with E-state index in [-0.39, 0.29) is 24.5 Å². The second kappa shape index (κ2) is 5.68. The molecule has 1 heterocycles. The van der Waals surface area contributed by atoms with Gasteiger partial charge in [-0.05, 0) is 55.9 Å². The smallest absolute Gasteiger partial charge is 0.260 e. The third-order valence-electron chi connectivity index (χ3n) is 4.73. The zero-order chi connectivity index (χ0) is 15.0. The number of benzene rings is 1. The van der Waals surface area contributed by atoms with E-state index in [0.29, 0.717) is 12.5 Å². The average molecular weight is 289 g/mol. The molecule has 2 fully saturated rings. The van der Waals surface area contributed by atoms with Crippen molar-refractivity contribution in [1.29, 1.82) is 0 Å². The molecule has 1 amide bonds. The molecule has 1 aromatic carbocycles.